The predicted molar refractivity (Wildman–Crippen MR) is 86.1 cm³/mol. The second-order valence-corrected chi connectivity index (χ2v) is 5.86. The van der Waals surface area contributed by atoms with Crippen molar-refractivity contribution in [1.29, 1.82) is 0 Å². The van der Waals surface area contributed by atoms with Crippen molar-refractivity contribution in [3.8, 4) is 0 Å². The molecule has 0 spiro atoms. The molecule has 1 unspecified atom stereocenters. The number of ether oxygens (including phenoxy) is 1. The van der Waals surface area contributed by atoms with E-state index in [1.54, 1.807) is 25.8 Å². The number of carbonyl (C=O) groups is 3. The van der Waals surface area contributed by atoms with Gasteiger partial charge in [-0.15, -0.1) is 0 Å². The number of amides is 2. The van der Waals surface area contributed by atoms with Gasteiger partial charge >= 0.3 is 5.97 Å². The number of nitrogens with zero attached hydrogens (tertiary/aromatic N) is 1. The molecule has 2 rings (SSSR count). The Morgan fingerprint density at radius 1 is 1.42 bits per heavy atom. The maximum atomic E-state index is 14.1. The lowest BCUT2D eigenvalue weighted by Gasteiger charge is -2.28. The molecule has 1 saturated heterocycles. The maximum absolute atomic E-state index is 14.1. The molecular weight excluding hydrogens is 315 g/mol. The lowest BCUT2D eigenvalue weighted by molar-refractivity contribution is -0.137. The maximum Gasteiger partial charge on any atom is 0.338 e. The monoisotopic (exact) mass is 336 g/mol. The number of likely N-dealkylation sites (tertiary alicyclic amines) is 1. The zero-order chi connectivity index (χ0) is 17.9. The van der Waals surface area contributed by atoms with Gasteiger partial charge in [0, 0.05) is 25.9 Å². The average molecular weight is 336 g/mol. The topological polar surface area (TPSA) is 75.7 Å². The van der Waals surface area contributed by atoms with Crippen molar-refractivity contribution in [1.82, 2.24) is 4.90 Å². The molecule has 0 radical (unpaired) electrons. The number of piperidine rings is 1. The van der Waals surface area contributed by atoms with Crippen molar-refractivity contribution in [3.63, 3.8) is 0 Å². The van der Waals surface area contributed by atoms with Gasteiger partial charge in [-0.3, -0.25) is 9.59 Å². The van der Waals surface area contributed by atoms with E-state index in [0.717, 1.165) is 0 Å². The van der Waals surface area contributed by atoms with E-state index in [-0.39, 0.29) is 30.2 Å². The molecule has 1 aromatic carbocycles. The molecule has 7 heteroatoms. The Hall–Kier alpha value is -2.44. The largest absolute Gasteiger partial charge is 0.462 e. The summed E-state index contributed by atoms with van der Waals surface area (Å²) in [6.45, 7) is 3.96. The van der Waals surface area contributed by atoms with Crippen LogP contribution in [0.4, 0.5) is 10.1 Å². The van der Waals surface area contributed by atoms with E-state index in [4.69, 9.17) is 4.74 Å². The van der Waals surface area contributed by atoms with Crippen molar-refractivity contribution >= 4 is 23.5 Å². The highest BCUT2D eigenvalue weighted by Crippen LogP contribution is 2.24. The quantitative estimate of drug-likeness (QED) is 0.855. The number of carbonyl (C=O) groups excluding carboxylic acids is 3. The molecule has 1 heterocycles. The Bertz CT molecular complexity index is 675. The fourth-order valence-corrected chi connectivity index (χ4v) is 2.60. The summed E-state index contributed by atoms with van der Waals surface area (Å²) in [4.78, 5) is 37.5. The standard InChI is InChI=1S/C17H21FN2O4/c1-4-24-17(23)12-9-14(13(18)7-10(12)2)19-16(22)11-5-6-20(3)15(21)8-11/h7,9,11H,4-6,8H2,1-3H3,(H,19,22). The number of anilines is 1. The summed E-state index contributed by atoms with van der Waals surface area (Å²) < 4.78 is 19.0. The third-order valence-corrected chi connectivity index (χ3v) is 4.10. The van der Waals surface area contributed by atoms with Crippen LogP contribution in [0.1, 0.15) is 35.7 Å². The Balaban J connectivity index is 2.17. The molecule has 0 saturated carbocycles. The summed E-state index contributed by atoms with van der Waals surface area (Å²) in [5.74, 6) is -2.24. The zero-order valence-electron chi connectivity index (χ0n) is 14.0. The van der Waals surface area contributed by atoms with Crippen molar-refractivity contribution in [2.24, 2.45) is 5.92 Å². The molecule has 1 N–H and O–H groups in total. The number of hydrogen-bond acceptors (Lipinski definition) is 4. The zero-order valence-corrected chi connectivity index (χ0v) is 14.0. The molecule has 130 valence electrons. The van der Waals surface area contributed by atoms with Gasteiger partial charge in [0.1, 0.15) is 5.82 Å². The van der Waals surface area contributed by atoms with Crippen LogP contribution in [-0.2, 0) is 14.3 Å². The van der Waals surface area contributed by atoms with Crippen LogP contribution in [0.15, 0.2) is 12.1 Å². The first-order valence-electron chi connectivity index (χ1n) is 7.85. The van der Waals surface area contributed by atoms with Crippen molar-refractivity contribution in [2.75, 3.05) is 25.5 Å². The highest BCUT2D eigenvalue weighted by atomic mass is 19.1. The fraction of sp³-hybridized carbons (Fsp3) is 0.471. The van der Waals surface area contributed by atoms with Crippen LogP contribution in [0.5, 0.6) is 0 Å². The van der Waals surface area contributed by atoms with Crippen LogP contribution < -0.4 is 5.32 Å². The van der Waals surface area contributed by atoms with E-state index in [2.05, 4.69) is 5.32 Å². The van der Waals surface area contributed by atoms with Crippen LogP contribution in [0, 0.1) is 18.7 Å². The molecule has 1 fully saturated rings. The first kappa shape index (κ1) is 17.9. The summed E-state index contributed by atoms with van der Waals surface area (Å²) in [5, 5.41) is 2.49. The highest BCUT2D eigenvalue weighted by Gasteiger charge is 2.29. The molecule has 1 aromatic rings. The number of hydrogen-bond donors (Lipinski definition) is 1. The normalized spacial score (nSPS) is 17.6. The summed E-state index contributed by atoms with van der Waals surface area (Å²) in [6, 6.07) is 2.46. The first-order chi connectivity index (χ1) is 11.3. The van der Waals surface area contributed by atoms with E-state index in [1.807, 2.05) is 0 Å². The number of nitrogens with one attached hydrogen (secondary N) is 1. The molecule has 1 aliphatic heterocycles. The Labute approximate surface area is 140 Å². The number of rotatable bonds is 4. The third-order valence-electron chi connectivity index (χ3n) is 4.10. The van der Waals surface area contributed by atoms with Crippen LogP contribution >= 0.6 is 0 Å². The van der Waals surface area contributed by atoms with E-state index >= 15 is 0 Å². The second kappa shape index (κ2) is 7.42. The minimum absolute atomic E-state index is 0.0833. The minimum Gasteiger partial charge on any atom is -0.462 e. The Morgan fingerprint density at radius 2 is 2.12 bits per heavy atom. The molecule has 0 bridgehead atoms. The summed E-state index contributed by atoms with van der Waals surface area (Å²) in [6.07, 6.45) is 0.618. The van der Waals surface area contributed by atoms with Gasteiger partial charge in [-0.25, -0.2) is 9.18 Å². The molecule has 0 aromatic heterocycles. The molecule has 24 heavy (non-hydrogen) atoms. The molecule has 2 amide bonds. The van der Waals surface area contributed by atoms with Crippen LogP contribution in [0.3, 0.4) is 0 Å². The van der Waals surface area contributed by atoms with Gasteiger partial charge in [-0.05, 0) is 38.0 Å². The minimum atomic E-state index is -0.631. The van der Waals surface area contributed by atoms with E-state index in [9.17, 15) is 18.8 Å². The van der Waals surface area contributed by atoms with Gasteiger partial charge in [0.05, 0.1) is 17.9 Å². The van der Waals surface area contributed by atoms with Gasteiger partial charge in [-0.2, -0.15) is 0 Å². The van der Waals surface area contributed by atoms with Crippen molar-refractivity contribution in [3.05, 3.63) is 29.1 Å². The molecule has 6 nitrogen and oxygen atoms in total. The second-order valence-electron chi connectivity index (χ2n) is 5.86. The molecular formula is C17H21FN2O4. The van der Waals surface area contributed by atoms with Crippen molar-refractivity contribution < 1.29 is 23.5 Å². The van der Waals surface area contributed by atoms with E-state index in [0.29, 0.717) is 18.5 Å². The molecule has 0 aliphatic carbocycles. The fourth-order valence-electron chi connectivity index (χ4n) is 2.60. The van der Waals surface area contributed by atoms with Crippen molar-refractivity contribution in [2.45, 2.75) is 26.7 Å². The van der Waals surface area contributed by atoms with Crippen LogP contribution in [0.25, 0.3) is 0 Å². The van der Waals surface area contributed by atoms with Gasteiger partial charge in [0.25, 0.3) is 0 Å². The SMILES string of the molecule is CCOC(=O)c1cc(NC(=O)C2CCN(C)C(=O)C2)c(F)cc1C. The highest BCUT2D eigenvalue weighted by molar-refractivity contribution is 5.98. The molecule has 1 atom stereocenters. The van der Waals surface area contributed by atoms with Gasteiger partial charge in [0.15, 0.2) is 0 Å². The van der Waals surface area contributed by atoms with E-state index in [1.165, 1.54) is 12.1 Å². The Kier molecular flexibility index (Phi) is 5.54. The van der Waals surface area contributed by atoms with Gasteiger partial charge in [-0.1, -0.05) is 0 Å². The van der Waals surface area contributed by atoms with Crippen LogP contribution in [-0.4, -0.2) is 42.9 Å². The smallest absolute Gasteiger partial charge is 0.338 e. The first-order valence-corrected chi connectivity index (χ1v) is 7.85. The number of halogens is 1. The summed E-state index contributed by atoms with van der Waals surface area (Å²) >= 11 is 0. The predicted octanol–water partition coefficient (Wildman–Crippen LogP) is 2.12. The van der Waals surface area contributed by atoms with Gasteiger partial charge in [0.2, 0.25) is 11.8 Å². The van der Waals surface area contributed by atoms with Gasteiger partial charge < -0.3 is 15.0 Å². The lowest BCUT2D eigenvalue weighted by Crippen LogP contribution is -2.40. The summed E-state index contributed by atoms with van der Waals surface area (Å²) in [7, 11) is 1.68. The van der Waals surface area contributed by atoms with E-state index < -0.39 is 23.6 Å². The number of benzene rings is 1. The summed E-state index contributed by atoms with van der Waals surface area (Å²) in [5.41, 5.74) is 0.548. The lowest BCUT2D eigenvalue weighted by atomic mass is 9.95. The van der Waals surface area contributed by atoms with Crippen LogP contribution in [0.2, 0.25) is 0 Å². The third kappa shape index (κ3) is 3.90. The Morgan fingerprint density at radius 3 is 2.75 bits per heavy atom. The molecule has 1 aliphatic rings. The number of aryl methyl sites for hydroxylation is 1. The average Bonchev–Trinajstić information content (AvgIpc) is 2.52. The number of esters is 1.